The number of para-hydroxylation sites is 4. The molecule has 9 aromatic carbocycles. The van der Waals surface area contributed by atoms with E-state index in [0.29, 0.717) is 0 Å². The molecule has 0 N–H and O–H groups in total. The molecule has 0 bridgehead atoms. The van der Waals surface area contributed by atoms with Crippen LogP contribution in [-0.4, -0.2) is 9.13 Å². The average Bonchev–Trinajstić information content (AvgIpc) is 3.75. The minimum absolute atomic E-state index is 1.10. The molecule has 2 aromatic heterocycles. The van der Waals surface area contributed by atoms with E-state index in [9.17, 15) is 0 Å². The van der Waals surface area contributed by atoms with Crippen molar-refractivity contribution in [1.29, 1.82) is 0 Å². The average molecular weight is 676 g/mol. The third-order valence-electron chi connectivity index (χ3n) is 10.8. The van der Waals surface area contributed by atoms with Gasteiger partial charge in [-0.15, -0.1) is 0 Å². The molecule has 248 valence electrons. The maximum atomic E-state index is 2.47. The summed E-state index contributed by atoms with van der Waals surface area (Å²) >= 11 is 0. The first-order valence-corrected chi connectivity index (χ1v) is 18.2. The monoisotopic (exact) mass is 675 g/mol. The van der Waals surface area contributed by atoms with Crippen molar-refractivity contribution in [2.75, 3.05) is 4.90 Å². The Kier molecular flexibility index (Phi) is 6.55. The number of rotatable bonds is 5. The first-order valence-electron chi connectivity index (χ1n) is 18.2. The molecular weight excluding hydrogens is 643 g/mol. The normalized spacial score (nSPS) is 11.8. The summed E-state index contributed by atoms with van der Waals surface area (Å²) in [5, 5.41) is 9.90. The molecular formula is C50H33N3. The number of anilines is 3. The van der Waals surface area contributed by atoms with E-state index < -0.39 is 0 Å². The number of hydrogen-bond donors (Lipinski definition) is 0. The minimum Gasteiger partial charge on any atom is -0.309 e. The van der Waals surface area contributed by atoms with Crippen LogP contribution in [0, 0.1) is 0 Å². The highest BCUT2D eigenvalue weighted by atomic mass is 15.1. The molecule has 0 saturated carbocycles. The lowest BCUT2D eigenvalue weighted by atomic mass is 9.99. The van der Waals surface area contributed by atoms with E-state index in [0.717, 1.165) is 22.7 Å². The van der Waals surface area contributed by atoms with E-state index in [-0.39, 0.29) is 0 Å². The van der Waals surface area contributed by atoms with Gasteiger partial charge in [0.1, 0.15) is 0 Å². The predicted octanol–water partition coefficient (Wildman–Crippen LogP) is 13.7. The third-order valence-corrected chi connectivity index (χ3v) is 10.8. The van der Waals surface area contributed by atoms with Crippen LogP contribution in [0.5, 0.6) is 0 Å². The highest BCUT2D eigenvalue weighted by Gasteiger charge is 2.22. The first kappa shape index (κ1) is 29.6. The summed E-state index contributed by atoms with van der Waals surface area (Å²) in [4.78, 5) is 2.42. The second-order valence-corrected chi connectivity index (χ2v) is 13.8. The highest BCUT2D eigenvalue weighted by molar-refractivity contribution is 6.26. The summed E-state index contributed by atoms with van der Waals surface area (Å²) in [6, 6.07) is 72.6. The van der Waals surface area contributed by atoms with E-state index in [1.807, 2.05) is 0 Å². The zero-order valence-electron chi connectivity index (χ0n) is 28.9. The van der Waals surface area contributed by atoms with E-state index in [1.54, 1.807) is 0 Å². The van der Waals surface area contributed by atoms with Gasteiger partial charge >= 0.3 is 0 Å². The Labute approximate surface area is 306 Å². The van der Waals surface area contributed by atoms with Crippen molar-refractivity contribution in [2.45, 2.75) is 0 Å². The summed E-state index contributed by atoms with van der Waals surface area (Å²) in [7, 11) is 0. The Morgan fingerprint density at radius 3 is 1.51 bits per heavy atom. The van der Waals surface area contributed by atoms with Crippen molar-refractivity contribution >= 4 is 82.2 Å². The zero-order chi connectivity index (χ0) is 34.9. The van der Waals surface area contributed by atoms with E-state index in [2.05, 4.69) is 214 Å². The second kappa shape index (κ2) is 11.7. The van der Waals surface area contributed by atoms with Crippen LogP contribution < -0.4 is 4.90 Å². The van der Waals surface area contributed by atoms with Crippen LogP contribution in [0.3, 0.4) is 0 Å². The van der Waals surface area contributed by atoms with Gasteiger partial charge < -0.3 is 14.0 Å². The largest absolute Gasteiger partial charge is 0.309 e. The molecule has 53 heavy (non-hydrogen) atoms. The van der Waals surface area contributed by atoms with E-state index in [4.69, 9.17) is 0 Å². The molecule has 11 rings (SSSR count). The van der Waals surface area contributed by atoms with Gasteiger partial charge in [0, 0.05) is 55.1 Å². The Morgan fingerprint density at radius 1 is 0.321 bits per heavy atom. The molecule has 0 amide bonds. The molecule has 0 saturated heterocycles. The minimum atomic E-state index is 1.10. The predicted molar refractivity (Wildman–Crippen MR) is 225 cm³/mol. The quantitative estimate of drug-likeness (QED) is 0.166. The van der Waals surface area contributed by atoms with Gasteiger partial charge in [-0.1, -0.05) is 127 Å². The number of benzene rings is 9. The van der Waals surface area contributed by atoms with Crippen molar-refractivity contribution in [1.82, 2.24) is 9.13 Å². The van der Waals surface area contributed by atoms with Crippen LogP contribution in [0.2, 0.25) is 0 Å². The van der Waals surface area contributed by atoms with Crippen LogP contribution in [0.15, 0.2) is 200 Å². The molecule has 3 nitrogen and oxygen atoms in total. The van der Waals surface area contributed by atoms with Crippen LogP contribution in [0.25, 0.3) is 76.5 Å². The molecule has 0 aliphatic heterocycles. The number of nitrogens with zero attached hydrogens (tertiary/aromatic N) is 3. The Bertz CT molecular complexity index is 3100. The molecule has 0 aliphatic rings. The van der Waals surface area contributed by atoms with Gasteiger partial charge in [0.15, 0.2) is 0 Å². The van der Waals surface area contributed by atoms with Crippen molar-refractivity contribution < 1.29 is 0 Å². The van der Waals surface area contributed by atoms with E-state index in [1.165, 1.54) is 70.8 Å². The molecule has 0 atom stereocenters. The molecule has 0 aliphatic carbocycles. The molecule has 0 radical (unpaired) electrons. The van der Waals surface area contributed by atoms with Crippen molar-refractivity contribution in [3.63, 3.8) is 0 Å². The van der Waals surface area contributed by atoms with Gasteiger partial charge in [-0.2, -0.15) is 0 Å². The van der Waals surface area contributed by atoms with Gasteiger partial charge in [0.25, 0.3) is 0 Å². The van der Waals surface area contributed by atoms with Crippen LogP contribution >= 0.6 is 0 Å². The van der Waals surface area contributed by atoms with Crippen molar-refractivity contribution in [3.05, 3.63) is 200 Å². The van der Waals surface area contributed by atoms with Gasteiger partial charge in [0.05, 0.1) is 27.8 Å². The molecule has 0 unspecified atom stereocenters. The molecule has 2 heterocycles. The van der Waals surface area contributed by atoms with Crippen molar-refractivity contribution in [2.24, 2.45) is 0 Å². The number of fused-ring (bicyclic) bond motifs is 9. The number of aromatic nitrogens is 2. The molecule has 0 fully saturated rings. The van der Waals surface area contributed by atoms with Gasteiger partial charge in [-0.25, -0.2) is 0 Å². The summed E-state index contributed by atoms with van der Waals surface area (Å²) in [5.74, 6) is 0. The smallest absolute Gasteiger partial charge is 0.0641 e. The van der Waals surface area contributed by atoms with E-state index >= 15 is 0 Å². The zero-order valence-corrected chi connectivity index (χ0v) is 28.9. The molecule has 3 heteroatoms. The lowest BCUT2D eigenvalue weighted by Crippen LogP contribution is -2.11. The van der Waals surface area contributed by atoms with Gasteiger partial charge in [0.2, 0.25) is 0 Å². The highest BCUT2D eigenvalue weighted by Crippen LogP contribution is 2.45. The molecule has 0 spiro atoms. The summed E-state index contributed by atoms with van der Waals surface area (Å²) in [5.41, 5.74) is 10.5. The van der Waals surface area contributed by atoms with Gasteiger partial charge in [-0.05, 0) is 83.6 Å². The standard InChI is InChI=1S/C50H33N3/c1-3-17-36(18-4-1)51(49-40-21-9-7-15-34(40)33-35-16-8-10-22-41(35)49)38-27-29-39(30-28-38)53-45-25-13-11-23-42(45)43-31-32-47-48(50(43)53)44-24-12-14-26-46(44)52(47)37-19-5-2-6-20-37/h1-33H. The van der Waals surface area contributed by atoms with Crippen LogP contribution in [0.1, 0.15) is 0 Å². The Balaban J connectivity index is 1.18. The van der Waals surface area contributed by atoms with Gasteiger partial charge in [-0.3, -0.25) is 0 Å². The Morgan fingerprint density at radius 2 is 0.830 bits per heavy atom. The maximum Gasteiger partial charge on any atom is 0.0641 e. The fourth-order valence-corrected chi connectivity index (χ4v) is 8.60. The first-order chi connectivity index (χ1) is 26.3. The lowest BCUT2D eigenvalue weighted by Gasteiger charge is -2.28. The fourth-order valence-electron chi connectivity index (χ4n) is 8.60. The lowest BCUT2D eigenvalue weighted by molar-refractivity contribution is 1.17. The number of hydrogen-bond acceptors (Lipinski definition) is 1. The maximum absolute atomic E-state index is 2.47. The topological polar surface area (TPSA) is 13.1 Å². The second-order valence-electron chi connectivity index (χ2n) is 13.8. The van der Waals surface area contributed by atoms with Crippen molar-refractivity contribution in [3.8, 4) is 11.4 Å². The van der Waals surface area contributed by atoms with Crippen LogP contribution in [-0.2, 0) is 0 Å². The third kappa shape index (κ3) is 4.47. The summed E-state index contributed by atoms with van der Waals surface area (Å²) < 4.78 is 4.88. The molecule has 11 aromatic rings. The SMILES string of the molecule is c1ccc(N(c2ccc(-n3c4ccccc4c4ccc5c(c6ccccc6n5-c5ccccc5)c43)cc2)c2c3ccccc3cc3ccccc23)cc1. The Hall–Kier alpha value is -7.10. The van der Waals surface area contributed by atoms with Crippen LogP contribution in [0.4, 0.5) is 17.1 Å². The summed E-state index contributed by atoms with van der Waals surface area (Å²) in [6.07, 6.45) is 0. The summed E-state index contributed by atoms with van der Waals surface area (Å²) in [6.45, 7) is 0. The fraction of sp³-hybridized carbons (Fsp3) is 0.